The van der Waals surface area contributed by atoms with Crippen molar-refractivity contribution < 1.29 is 4.79 Å². The van der Waals surface area contributed by atoms with Gasteiger partial charge < -0.3 is 5.32 Å². The first kappa shape index (κ1) is 10.7. The zero-order chi connectivity index (χ0) is 10.6. The lowest BCUT2D eigenvalue weighted by Gasteiger charge is -2.07. The molecule has 0 unspecified atom stereocenters. The standard InChI is InChI=1S/C11H16N2O/c1-4-9-5-6-10(12-7-9)11(14)13-8(2)3/h5-8H,4H2,1-3H3,(H,13,14). The molecule has 1 aromatic rings. The Morgan fingerprint density at radius 2 is 2.21 bits per heavy atom. The molecule has 0 bridgehead atoms. The van der Waals surface area contributed by atoms with Crippen molar-refractivity contribution in [3.05, 3.63) is 29.6 Å². The van der Waals surface area contributed by atoms with Crippen LogP contribution in [0.3, 0.4) is 0 Å². The number of aromatic nitrogens is 1. The Labute approximate surface area is 84.6 Å². The fourth-order valence-electron chi connectivity index (χ4n) is 1.10. The number of amides is 1. The maximum atomic E-state index is 11.5. The second kappa shape index (κ2) is 4.74. The number of hydrogen-bond donors (Lipinski definition) is 1. The lowest BCUT2D eigenvalue weighted by Crippen LogP contribution is -2.30. The Morgan fingerprint density at radius 3 is 2.64 bits per heavy atom. The summed E-state index contributed by atoms with van der Waals surface area (Å²) in [6, 6.07) is 3.84. The lowest BCUT2D eigenvalue weighted by atomic mass is 10.2. The predicted molar refractivity (Wildman–Crippen MR) is 56.2 cm³/mol. The van der Waals surface area contributed by atoms with E-state index in [0.29, 0.717) is 5.69 Å². The smallest absolute Gasteiger partial charge is 0.270 e. The molecule has 0 atom stereocenters. The molecule has 1 heterocycles. The van der Waals surface area contributed by atoms with E-state index in [1.165, 1.54) is 0 Å². The molecular formula is C11H16N2O. The van der Waals surface area contributed by atoms with E-state index in [4.69, 9.17) is 0 Å². The van der Waals surface area contributed by atoms with Gasteiger partial charge in [0.2, 0.25) is 0 Å². The summed E-state index contributed by atoms with van der Waals surface area (Å²) in [5.41, 5.74) is 1.63. The van der Waals surface area contributed by atoms with E-state index < -0.39 is 0 Å². The molecule has 3 nitrogen and oxygen atoms in total. The van der Waals surface area contributed by atoms with Crippen LogP contribution < -0.4 is 5.32 Å². The monoisotopic (exact) mass is 192 g/mol. The molecule has 0 aliphatic rings. The van der Waals surface area contributed by atoms with Crippen LogP contribution in [-0.4, -0.2) is 16.9 Å². The van der Waals surface area contributed by atoms with E-state index in [2.05, 4.69) is 17.2 Å². The van der Waals surface area contributed by atoms with Gasteiger partial charge in [0.05, 0.1) is 0 Å². The molecule has 1 amide bonds. The van der Waals surface area contributed by atoms with Gasteiger partial charge in [-0.15, -0.1) is 0 Å². The molecule has 1 rings (SSSR count). The number of hydrogen-bond acceptors (Lipinski definition) is 2. The van der Waals surface area contributed by atoms with Gasteiger partial charge in [-0.05, 0) is 31.9 Å². The highest BCUT2D eigenvalue weighted by Crippen LogP contribution is 2.01. The highest BCUT2D eigenvalue weighted by Gasteiger charge is 2.07. The molecule has 1 aromatic heterocycles. The predicted octanol–water partition coefficient (Wildman–Crippen LogP) is 1.78. The van der Waals surface area contributed by atoms with Gasteiger partial charge in [0.15, 0.2) is 0 Å². The van der Waals surface area contributed by atoms with Crippen LogP contribution in [0, 0.1) is 0 Å². The van der Waals surface area contributed by atoms with E-state index in [0.717, 1.165) is 12.0 Å². The third-order valence-electron chi connectivity index (χ3n) is 1.89. The van der Waals surface area contributed by atoms with E-state index >= 15 is 0 Å². The molecular weight excluding hydrogens is 176 g/mol. The Bertz CT molecular complexity index is 304. The van der Waals surface area contributed by atoms with Crippen LogP contribution in [0.4, 0.5) is 0 Å². The molecule has 1 N–H and O–H groups in total. The Morgan fingerprint density at radius 1 is 1.50 bits per heavy atom. The first-order valence-electron chi connectivity index (χ1n) is 4.89. The summed E-state index contributed by atoms with van der Waals surface area (Å²) in [7, 11) is 0. The van der Waals surface area contributed by atoms with E-state index in [1.807, 2.05) is 19.9 Å². The highest BCUT2D eigenvalue weighted by molar-refractivity contribution is 5.92. The molecule has 76 valence electrons. The number of nitrogens with zero attached hydrogens (tertiary/aromatic N) is 1. The van der Waals surface area contributed by atoms with Crippen LogP contribution in [-0.2, 0) is 6.42 Å². The third-order valence-corrected chi connectivity index (χ3v) is 1.89. The molecule has 0 fully saturated rings. The number of aryl methyl sites for hydroxylation is 1. The molecule has 0 saturated carbocycles. The quantitative estimate of drug-likeness (QED) is 0.793. The van der Waals surface area contributed by atoms with Gasteiger partial charge in [0, 0.05) is 12.2 Å². The zero-order valence-corrected chi connectivity index (χ0v) is 8.87. The zero-order valence-electron chi connectivity index (χ0n) is 8.87. The van der Waals surface area contributed by atoms with Gasteiger partial charge >= 0.3 is 0 Å². The largest absolute Gasteiger partial charge is 0.349 e. The van der Waals surface area contributed by atoms with Crippen molar-refractivity contribution in [3.8, 4) is 0 Å². The number of nitrogens with one attached hydrogen (secondary N) is 1. The number of carbonyl (C=O) groups excluding carboxylic acids is 1. The summed E-state index contributed by atoms with van der Waals surface area (Å²) >= 11 is 0. The SMILES string of the molecule is CCc1ccc(C(=O)NC(C)C)nc1. The van der Waals surface area contributed by atoms with Crippen molar-refractivity contribution >= 4 is 5.91 Å². The number of pyridine rings is 1. The Kier molecular flexibility index (Phi) is 3.63. The van der Waals surface area contributed by atoms with Crippen LogP contribution in [0.15, 0.2) is 18.3 Å². The maximum absolute atomic E-state index is 11.5. The van der Waals surface area contributed by atoms with Gasteiger partial charge in [0.25, 0.3) is 5.91 Å². The lowest BCUT2D eigenvalue weighted by molar-refractivity contribution is 0.0938. The molecule has 0 spiro atoms. The molecule has 0 radical (unpaired) electrons. The molecule has 0 aliphatic carbocycles. The van der Waals surface area contributed by atoms with Crippen LogP contribution >= 0.6 is 0 Å². The number of carbonyl (C=O) groups is 1. The van der Waals surface area contributed by atoms with Crippen molar-refractivity contribution in [1.29, 1.82) is 0 Å². The topological polar surface area (TPSA) is 42.0 Å². The van der Waals surface area contributed by atoms with Crippen molar-refractivity contribution in [1.82, 2.24) is 10.3 Å². The minimum absolute atomic E-state index is 0.109. The van der Waals surface area contributed by atoms with E-state index in [-0.39, 0.29) is 11.9 Å². The molecule has 0 aliphatic heterocycles. The molecule has 14 heavy (non-hydrogen) atoms. The first-order chi connectivity index (χ1) is 6.63. The average Bonchev–Trinajstić information content (AvgIpc) is 2.17. The maximum Gasteiger partial charge on any atom is 0.270 e. The fraction of sp³-hybridized carbons (Fsp3) is 0.455. The van der Waals surface area contributed by atoms with Crippen molar-refractivity contribution in [2.45, 2.75) is 33.2 Å². The minimum Gasteiger partial charge on any atom is -0.349 e. The Balaban J connectivity index is 2.71. The highest BCUT2D eigenvalue weighted by atomic mass is 16.1. The fourth-order valence-corrected chi connectivity index (χ4v) is 1.10. The first-order valence-corrected chi connectivity index (χ1v) is 4.89. The minimum atomic E-state index is -0.109. The van der Waals surface area contributed by atoms with Gasteiger partial charge in [-0.25, -0.2) is 0 Å². The van der Waals surface area contributed by atoms with Crippen molar-refractivity contribution in [2.24, 2.45) is 0 Å². The van der Waals surface area contributed by atoms with Crippen molar-refractivity contribution in [2.75, 3.05) is 0 Å². The second-order valence-corrected chi connectivity index (χ2v) is 3.53. The summed E-state index contributed by atoms with van der Waals surface area (Å²) in [4.78, 5) is 15.6. The average molecular weight is 192 g/mol. The summed E-state index contributed by atoms with van der Waals surface area (Å²) in [5.74, 6) is -0.109. The van der Waals surface area contributed by atoms with E-state index in [9.17, 15) is 4.79 Å². The normalized spacial score (nSPS) is 10.3. The van der Waals surface area contributed by atoms with Crippen molar-refractivity contribution in [3.63, 3.8) is 0 Å². The molecule has 3 heteroatoms. The third kappa shape index (κ3) is 2.83. The van der Waals surface area contributed by atoms with Gasteiger partial charge in [0.1, 0.15) is 5.69 Å². The van der Waals surface area contributed by atoms with Gasteiger partial charge in [-0.3, -0.25) is 9.78 Å². The molecule has 0 saturated heterocycles. The summed E-state index contributed by atoms with van der Waals surface area (Å²) in [5, 5.41) is 2.80. The van der Waals surface area contributed by atoms with Crippen LogP contribution in [0.2, 0.25) is 0 Å². The Hall–Kier alpha value is -1.38. The van der Waals surface area contributed by atoms with Crippen LogP contribution in [0.25, 0.3) is 0 Å². The summed E-state index contributed by atoms with van der Waals surface area (Å²) in [6.07, 6.45) is 2.69. The summed E-state index contributed by atoms with van der Waals surface area (Å²) in [6.45, 7) is 5.92. The van der Waals surface area contributed by atoms with E-state index in [1.54, 1.807) is 12.3 Å². The van der Waals surface area contributed by atoms with Crippen LogP contribution in [0.5, 0.6) is 0 Å². The number of rotatable bonds is 3. The molecule has 0 aromatic carbocycles. The summed E-state index contributed by atoms with van der Waals surface area (Å²) < 4.78 is 0. The second-order valence-electron chi connectivity index (χ2n) is 3.53. The van der Waals surface area contributed by atoms with Gasteiger partial charge in [-0.2, -0.15) is 0 Å². The van der Waals surface area contributed by atoms with Crippen LogP contribution in [0.1, 0.15) is 36.8 Å². The van der Waals surface area contributed by atoms with Gasteiger partial charge in [-0.1, -0.05) is 13.0 Å².